The van der Waals surface area contributed by atoms with Gasteiger partial charge in [-0.05, 0) is 0 Å². The molecule has 2 aliphatic heterocycles. The summed E-state index contributed by atoms with van der Waals surface area (Å²) in [6.45, 7) is 3.99. The molecule has 0 radical (unpaired) electrons. The van der Waals surface area contributed by atoms with Crippen LogP contribution in [0.4, 0.5) is 0 Å². The third-order valence-corrected chi connectivity index (χ3v) is 2.00. The molecule has 10 heavy (non-hydrogen) atoms. The van der Waals surface area contributed by atoms with Crippen molar-refractivity contribution in [1.29, 1.82) is 0 Å². The van der Waals surface area contributed by atoms with Gasteiger partial charge in [0, 0.05) is 25.7 Å². The molecule has 2 heterocycles. The van der Waals surface area contributed by atoms with Crippen LogP contribution in [-0.4, -0.2) is 38.4 Å². The Balaban J connectivity index is 0.000000500. The molecule has 0 aromatic heterocycles. The van der Waals surface area contributed by atoms with E-state index in [1.165, 1.54) is 0 Å². The maximum atomic E-state index is 5.48. The third-order valence-electron chi connectivity index (χ3n) is 2.00. The van der Waals surface area contributed by atoms with E-state index in [9.17, 15) is 0 Å². The Kier molecular flexibility index (Phi) is 2.65. The molecule has 0 saturated carbocycles. The highest BCUT2D eigenvalue weighted by molar-refractivity contribution is 4.89. The summed E-state index contributed by atoms with van der Waals surface area (Å²) in [6.07, 6.45) is 0.443. The van der Waals surface area contributed by atoms with E-state index >= 15 is 0 Å². The van der Waals surface area contributed by atoms with E-state index in [2.05, 4.69) is 10.6 Å². The highest BCUT2D eigenvalue weighted by atomic mass is 16.5. The van der Waals surface area contributed by atoms with Crippen molar-refractivity contribution in [2.24, 2.45) is 0 Å². The van der Waals surface area contributed by atoms with Gasteiger partial charge in [0.25, 0.3) is 0 Å². The minimum atomic E-state index is 0. The van der Waals surface area contributed by atoms with Crippen molar-refractivity contribution in [2.45, 2.75) is 19.6 Å². The van der Waals surface area contributed by atoms with Gasteiger partial charge in [-0.25, -0.2) is 0 Å². The van der Waals surface area contributed by atoms with E-state index < -0.39 is 0 Å². The first kappa shape index (κ1) is 7.98. The van der Waals surface area contributed by atoms with E-state index in [1.807, 2.05) is 0 Å². The van der Waals surface area contributed by atoms with E-state index in [-0.39, 0.29) is 7.43 Å². The van der Waals surface area contributed by atoms with Gasteiger partial charge in [0.2, 0.25) is 0 Å². The van der Waals surface area contributed by atoms with Crippen LogP contribution in [0.15, 0.2) is 0 Å². The standard InChI is InChI=1S/C6H12N2O.CH4/c1-2-9-6-4-7-3-5(6)8-1;/h5-8H,1-4H2;1H4/t5-,6-;/m1./s1. The summed E-state index contributed by atoms with van der Waals surface area (Å²) in [4.78, 5) is 0. The summed E-state index contributed by atoms with van der Waals surface area (Å²) in [5, 5.41) is 6.67. The zero-order valence-corrected chi connectivity index (χ0v) is 5.39. The molecule has 2 N–H and O–H groups in total. The molecule has 0 aromatic rings. The smallest absolute Gasteiger partial charge is 0.0865 e. The van der Waals surface area contributed by atoms with Crippen molar-refractivity contribution in [3.05, 3.63) is 0 Å². The fourth-order valence-electron chi connectivity index (χ4n) is 1.49. The molecule has 0 unspecified atom stereocenters. The first-order chi connectivity index (χ1) is 4.47. The van der Waals surface area contributed by atoms with Gasteiger partial charge in [-0.15, -0.1) is 0 Å². The molecule has 2 saturated heterocycles. The van der Waals surface area contributed by atoms with Gasteiger partial charge >= 0.3 is 0 Å². The van der Waals surface area contributed by atoms with Crippen molar-refractivity contribution < 1.29 is 4.74 Å². The molecular formula is C7H16N2O. The highest BCUT2D eigenvalue weighted by Gasteiger charge is 2.29. The van der Waals surface area contributed by atoms with Gasteiger partial charge < -0.3 is 15.4 Å². The molecule has 3 nitrogen and oxygen atoms in total. The second-order valence-corrected chi connectivity index (χ2v) is 2.63. The molecule has 60 valence electrons. The molecule has 2 aliphatic rings. The van der Waals surface area contributed by atoms with E-state index in [1.54, 1.807) is 0 Å². The van der Waals surface area contributed by atoms with Crippen molar-refractivity contribution >= 4 is 0 Å². The lowest BCUT2D eigenvalue weighted by molar-refractivity contribution is 0.0207. The van der Waals surface area contributed by atoms with Crippen LogP contribution < -0.4 is 10.6 Å². The van der Waals surface area contributed by atoms with Crippen molar-refractivity contribution in [3.63, 3.8) is 0 Å². The topological polar surface area (TPSA) is 33.3 Å². The van der Waals surface area contributed by atoms with Crippen LogP contribution in [0.5, 0.6) is 0 Å². The predicted octanol–water partition coefficient (Wildman–Crippen LogP) is -0.417. The Morgan fingerprint density at radius 3 is 3.00 bits per heavy atom. The molecule has 2 rings (SSSR count). The number of ether oxygens (including phenoxy) is 1. The SMILES string of the molecule is C.C1CO[C@@H]2CNC[C@H]2N1. The quantitative estimate of drug-likeness (QED) is 0.484. The number of nitrogens with one attached hydrogen (secondary N) is 2. The lowest BCUT2D eigenvalue weighted by Gasteiger charge is -2.25. The normalized spacial score (nSPS) is 38.4. The molecule has 0 aromatic carbocycles. The van der Waals surface area contributed by atoms with Gasteiger partial charge in [-0.3, -0.25) is 0 Å². The van der Waals surface area contributed by atoms with Gasteiger partial charge in [0.05, 0.1) is 12.7 Å². The van der Waals surface area contributed by atoms with Crippen LogP contribution in [0.1, 0.15) is 7.43 Å². The minimum absolute atomic E-state index is 0. The molecule has 2 atom stereocenters. The Morgan fingerprint density at radius 2 is 2.20 bits per heavy atom. The van der Waals surface area contributed by atoms with E-state index in [0.717, 1.165) is 26.2 Å². The molecule has 0 spiro atoms. The molecule has 0 amide bonds. The molecule has 2 fully saturated rings. The number of hydrogen-bond acceptors (Lipinski definition) is 3. The fourth-order valence-corrected chi connectivity index (χ4v) is 1.49. The summed E-state index contributed by atoms with van der Waals surface area (Å²) >= 11 is 0. The zero-order valence-electron chi connectivity index (χ0n) is 5.39. The van der Waals surface area contributed by atoms with Gasteiger partial charge in [0.1, 0.15) is 0 Å². The monoisotopic (exact) mass is 144 g/mol. The average molecular weight is 144 g/mol. The predicted molar refractivity (Wildman–Crippen MR) is 41.1 cm³/mol. The first-order valence-corrected chi connectivity index (χ1v) is 3.52. The lowest BCUT2D eigenvalue weighted by atomic mass is 10.2. The average Bonchev–Trinajstić information content (AvgIpc) is 2.33. The van der Waals surface area contributed by atoms with Crippen LogP contribution in [0.25, 0.3) is 0 Å². The van der Waals surface area contributed by atoms with E-state index in [0.29, 0.717) is 12.1 Å². The Hall–Kier alpha value is -0.120. The number of fused-ring (bicyclic) bond motifs is 1. The molecule has 3 heteroatoms. The lowest BCUT2D eigenvalue weighted by Crippen LogP contribution is -2.47. The number of rotatable bonds is 0. The largest absolute Gasteiger partial charge is 0.374 e. The van der Waals surface area contributed by atoms with Crippen LogP contribution in [0, 0.1) is 0 Å². The molecule has 0 bridgehead atoms. The Bertz CT molecular complexity index is 95.8. The summed E-state index contributed by atoms with van der Waals surface area (Å²) in [6, 6.07) is 0.582. The van der Waals surface area contributed by atoms with Crippen LogP contribution in [0.3, 0.4) is 0 Å². The number of morpholine rings is 1. The Labute approximate surface area is 62.1 Å². The minimum Gasteiger partial charge on any atom is -0.374 e. The Morgan fingerprint density at radius 1 is 1.30 bits per heavy atom. The summed E-state index contributed by atoms with van der Waals surface area (Å²) in [5.41, 5.74) is 0. The second kappa shape index (κ2) is 3.32. The summed E-state index contributed by atoms with van der Waals surface area (Å²) < 4.78 is 5.48. The maximum absolute atomic E-state index is 5.48. The summed E-state index contributed by atoms with van der Waals surface area (Å²) in [7, 11) is 0. The maximum Gasteiger partial charge on any atom is 0.0865 e. The van der Waals surface area contributed by atoms with Crippen LogP contribution in [0.2, 0.25) is 0 Å². The number of hydrogen-bond donors (Lipinski definition) is 2. The van der Waals surface area contributed by atoms with Crippen LogP contribution >= 0.6 is 0 Å². The van der Waals surface area contributed by atoms with Crippen molar-refractivity contribution in [3.8, 4) is 0 Å². The molecule has 0 aliphatic carbocycles. The highest BCUT2D eigenvalue weighted by Crippen LogP contribution is 2.07. The fraction of sp³-hybridized carbons (Fsp3) is 1.00. The molecular weight excluding hydrogens is 128 g/mol. The van der Waals surface area contributed by atoms with Gasteiger partial charge in [-0.1, -0.05) is 7.43 Å². The van der Waals surface area contributed by atoms with Gasteiger partial charge in [-0.2, -0.15) is 0 Å². The third kappa shape index (κ3) is 1.31. The van der Waals surface area contributed by atoms with Crippen molar-refractivity contribution in [1.82, 2.24) is 10.6 Å². The summed E-state index contributed by atoms with van der Waals surface area (Å²) in [5.74, 6) is 0. The first-order valence-electron chi connectivity index (χ1n) is 3.52. The second-order valence-electron chi connectivity index (χ2n) is 2.63. The van der Waals surface area contributed by atoms with E-state index in [4.69, 9.17) is 4.74 Å². The zero-order chi connectivity index (χ0) is 6.10. The van der Waals surface area contributed by atoms with Gasteiger partial charge in [0.15, 0.2) is 0 Å². The van der Waals surface area contributed by atoms with Crippen molar-refractivity contribution in [2.75, 3.05) is 26.2 Å². The van der Waals surface area contributed by atoms with Crippen LogP contribution in [-0.2, 0) is 4.74 Å².